The monoisotopic (exact) mass is 347 g/mol. The van der Waals surface area contributed by atoms with Gasteiger partial charge >= 0.3 is 0 Å². The zero-order valence-electron chi connectivity index (χ0n) is 12.1. The predicted molar refractivity (Wildman–Crippen MR) is 89.1 cm³/mol. The summed E-state index contributed by atoms with van der Waals surface area (Å²) < 4.78 is 32.2. The Labute approximate surface area is 137 Å². The Morgan fingerprint density at radius 1 is 1.09 bits per heavy atom. The number of rotatable bonds is 5. The third-order valence-electron chi connectivity index (χ3n) is 3.02. The number of aromatic nitrogens is 2. The second-order valence-corrected chi connectivity index (χ2v) is 7.07. The smallest absolute Gasteiger partial charge is 0.263 e. The molecule has 6 nitrogen and oxygen atoms in total. The molecule has 0 aliphatic rings. The number of methoxy groups -OCH3 is 1. The molecule has 0 saturated heterocycles. The van der Waals surface area contributed by atoms with E-state index in [9.17, 15) is 8.42 Å². The first-order valence-corrected chi connectivity index (χ1v) is 8.98. The van der Waals surface area contributed by atoms with E-state index in [1.54, 1.807) is 23.7 Å². The molecule has 8 heteroatoms. The minimum Gasteiger partial charge on any atom is -0.497 e. The Hall–Kier alpha value is -2.45. The van der Waals surface area contributed by atoms with Crippen LogP contribution in [0, 0.1) is 0 Å². The van der Waals surface area contributed by atoms with Crippen LogP contribution in [0.25, 0.3) is 11.4 Å². The van der Waals surface area contributed by atoms with Crippen molar-refractivity contribution >= 4 is 26.5 Å². The van der Waals surface area contributed by atoms with Gasteiger partial charge in [-0.2, -0.15) is 0 Å². The Morgan fingerprint density at radius 3 is 2.52 bits per heavy atom. The lowest BCUT2D eigenvalue weighted by atomic mass is 10.3. The standard InChI is InChI=1S/C15H13N3O3S2/c1-21-11-5-7-12(8-6-11)23(19,20)18-15-17-14(10-22-15)13-4-2-3-9-16-13/h2-10H,1H3,(H,17,18). The molecule has 0 spiro atoms. The van der Waals surface area contributed by atoms with Crippen LogP contribution in [-0.2, 0) is 10.0 Å². The Morgan fingerprint density at radius 2 is 1.87 bits per heavy atom. The minimum absolute atomic E-state index is 0.146. The largest absolute Gasteiger partial charge is 0.497 e. The first-order valence-electron chi connectivity index (χ1n) is 6.62. The van der Waals surface area contributed by atoms with Crippen LogP contribution in [0.15, 0.2) is 58.9 Å². The van der Waals surface area contributed by atoms with E-state index < -0.39 is 10.0 Å². The van der Waals surface area contributed by atoms with Crippen LogP contribution in [-0.4, -0.2) is 25.5 Å². The molecule has 0 radical (unpaired) electrons. The van der Waals surface area contributed by atoms with E-state index >= 15 is 0 Å². The van der Waals surface area contributed by atoms with Crippen molar-refractivity contribution in [3.63, 3.8) is 0 Å². The van der Waals surface area contributed by atoms with Gasteiger partial charge < -0.3 is 4.74 Å². The van der Waals surface area contributed by atoms with Gasteiger partial charge in [0.2, 0.25) is 0 Å². The van der Waals surface area contributed by atoms with Crippen LogP contribution in [0.1, 0.15) is 0 Å². The lowest BCUT2D eigenvalue weighted by molar-refractivity contribution is 0.414. The number of nitrogens with zero attached hydrogens (tertiary/aromatic N) is 2. The van der Waals surface area contributed by atoms with Crippen molar-refractivity contribution in [2.24, 2.45) is 0 Å². The van der Waals surface area contributed by atoms with Crippen molar-refractivity contribution in [3.8, 4) is 17.1 Å². The SMILES string of the molecule is COc1ccc(S(=O)(=O)Nc2nc(-c3ccccn3)cs2)cc1. The van der Waals surface area contributed by atoms with Gasteiger partial charge in [-0.1, -0.05) is 6.07 Å². The summed E-state index contributed by atoms with van der Waals surface area (Å²) >= 11 is 1.21. The fourth-order valence-corrected chi connectivity index (χ4v) is 3.84. The second kappa shape index (κ2) is 6.35. The van der Waals surface area contributed by atoms with Gasteiger partial charge in [0.1, 0.15) is 11.4 Å². The van der Waals surface area contributed by atoms with Gasteiger partial charge in [-0.25, -0.2) is 13.4 Å². The van der Waals surface area contributed by atoms with Crippen LogP contribution in [0.5, 0.6) is 5.75 Å². The fourth-order valence-electron chi connectivity index (χ4n) is 1.88. The number of thiazole rings is 1. The molecule has 3 rings (SSSR count). The van der Waals surface area contributed by atoms with E-state index in [1.807, 2.05) is 18.2 Å². The summed E-state index contributed by atoms with van der Waals surface area (Å²) in [5.41, 5.74) is 1.32. The lowest BCUT2D eigenvalue weighted by Gasteiger charge is -2.06. The molecular weight excluding hydrogens is 334 g/mol. The first-order chi connectivity index (χ1) is 11.1. The third kappa shape index (κ3) is 3.49. The summed E-state index contributed by atoms with van der Waals surface area (Å²) in [5, 5.41) is 2.05. The zero-order chi connectivity index (χ0) is 16.3. The maximum atomic E-state index is 12.3. The number of hydrogen-bond donors (Lipinski definition) is 1. The molecule has 0 unspecified atom stereocenters. The maximum Gasteiger partial charge on any atom is 0.263 e. The molecule has 3 aromatic rings. The highest BCUT2D eigenvalue weighted by molar-refractivity contribution is 7.93. The summed E-state index contributed by atoms with van der Waals surface area (Å²) in [6.45, 7) is 0. The summed E-state index contributed by atoms with van der Waals surface area (Å²) in [4.78, 5) is 8.60. The van der Waals surface area contributed by atoms with E-state index in [-0.39, 0.29) is 4.90 Å². The van der Waals surface area contributed by atoms with E-state index in [0.29, 0.717) is 22.3 Å². The van der Waals surface area contributed by atoms with Crippen molar-refractivity contribution in [1.82, 2.24) is 9.97 Å². The normalized spacial score (nSPS) is 11.2. The lowest BCUT2D eigenvalue weighted by Crippen LogP contribution is -2.12. The van der Waals surface area contributed by atoms with Crippen LogP contribution in [0.3, 0.4) is 0 Å². The molecule has 0 atom stereocenters. The number of hydrogen-bond acceptors (Lipinski definition) is 6. The van der Waals surface area contributed by atoms with Gasteiger partial charge in [-0.3, -0.25) is 9.71 Å². The highest BCUT2D eigenvalue weighted by Gasteiger charge is 2.16. The summed E-state index contributed by atoms with van der Waals surface area (Å²) in [5.74, 6) is 0.593. The van der Waals surface area contributed by atoms with Crippen LogP contribution < -0.4 is 9.46 Å². The van der Waals surface area contributed by atoms with Gasteiger partial charge in [0.05, 0.1) is 17.7 Å². The molecule has 1 N–H and O–H groups in total. The highest BCUT2D eigenvalue weighted by atomic mass is 32.2. The summed E-state index contributed by atoms with van der Waals surface area (Å²) in [7, 11) is -2.16. The van der Waals surface area contributed by atoms with Gasteiger partial charge in [0.15, 0.2) is 5.13 Å². The van der Waals surface area contributed by atoms with Gasteiger partial charge in [-0.05, 0) is 36.4 Å². The number of nitrogens with one attached hydrogen (secondary N) is 1. The fraction of sp³-hybridized carbons (Fsp3) is 0.0667. The van der Waals surface area contributed by atoms with Crippen molar-refractivity contribution < 1.29 is 13.2 Å². The Balaban J connectivity index is 1.82. The van der Waals surface area contributed by atoms with Crippen molar-refractivity contribution in [2.45, 2.75) is 4.90 Å². The zero-order valence-corrected chi connectivity index (χ0v) is 13.8. The number of sulfonamides is 1. The molecule has 0 saturated carbocycles. The Bertz CT molecular complexity index is 891. The molecule has 2 aromatic heterocycles. The predicted octanol–water partition coefficient (Wildman–Crippen LogP) is 3.01. The molecule has 0 fully saturated rings. The van der Waals surface area contributed by atoms with E-state index in [1.165, 1.54) is 30.6 Å². The van der Waals surface area contributed by atoms with Crippen LogP contribution in [0.4, 0.5) is 5.13 Å². The molecular formula is C15H13N3O3S2. The molecule has 0 amide bonds. The number of anilines is 1. The molecule has 2 heterocycles. The van der Waals surface area contributed by atoms with E-state index in [4.69, 9.17) is 4.74 Å². The van der Waals surface area contributed by atoms with Gasteiger partial charge in [-0.15, -0.1) is 11.3 Å². The maximum absolute atomic E-state index is 12.3. The summed E-state index contributed by atoms with van der Waals surface area (Å²) in [6.07, 6.45) is 1.66. The van der Waals surface area contributed by atoms with Crippen molar-refractivity contribution in [1.29, 1.82) is 0 Å². The van der Waals surface area contributed by atoms with Gasteiger partial charge in [0, 0.05) is 11.6 Å². The molecule has 118 valence electrons. The first kappa shape index (κ1) is 15.4. The quantitative estimate of drug-likeness (QED) is 0.767. The Kier molecular flexibility index (Phi) is 4.26. The highest BCUT2D eigenvalue weighted by Crippen LogP contribution is 2.25. The molecule has 1 aromatic carbocycles. The number of benzene rings is 1. The number of pyridine rings is 1. The average molecular weight is 347 g/mol. The second-order valence-electron chi connectivity index (χ2n) is 4.53. The van der Waals surface area contributed by atoms with Gasteiger partial charge in [0.25, 0.3) is 10.0 Å². The third-order valence-corrected chi connectivity index (χ3v) is 5.26. The van der Waals surface area contributed by atoms with Crippen molar-refractivity contribution in [3.05, 3.63) is 54.0 Å². The number of ether oxygens (including phenoxy) is 1. The molecule has 0 aliphatic heterocycles. The summed E-state index contributed by atoms with van der Waals surface area (Å²) in [6, 6.07) is 11.6. The van der Waals surface area contributed by atoms with Crippen molar-refractivity contribution in [2.75, 3.05) is 11.8 Å². The van der Waals surface area contributed by atoms with E-state index in [2.05, 4.69) is 14.7 Å². The molecule has 23 heavy (non-hydrogen) atoms. The van der Waals surface area contributed by atoms with Crippen LogP contribution in [0.2, 0.25) is 0 Å². The van der Waals surface area contributed by atoms with E-state index in [0.717, 1.165) is 0 Å². The van der Waals surface area contributed by atoms with Crippen LogP contribution >= 0.6 is 11.3 Å². The molecule has 0 bridgehead atoms. The topological polar surface area (TPSA) is 81.2 Å². The average Bonchev–Trinajstić information content (AvgIpc) is 3.03. The minimum atomic E-state index is -3.69. The molecule has 0 aliphatic carbocycles.